The molecular formula is C21H27N3O2. The van der Waals surface area contributed by atoms with E-state index in [9.17, 15) is 4.79 Å². The second-order valence-electron chi connectivity index (χ2n) is 6.55. The fraction of sp³-hybridized carbons (Fsp3) is 0.381. The van der Waals surface area contributed by atoms with Crippen LogP contribution in [0.4, 0.5) is 0 Å². The minimum atomic E-state index is 0.106. The van der Waals surface area contributed by atoms with E-state index in [2.05, 4.69) is 17.0 Å². The van der Waals surface area contributed by atoms with Gasteiger partial charge in [0.25, 0.3) is 5.91 Å². The van der Waals surface area contributed by atoms with Crippen molar-refractivity contribution >= 4 is 5.91 Å². The van der Waals surface area contributed by atoms with Gasteiger partial charge >= 0.3 is 0 Å². The first-order valence-corrected chi connectivity index (χ1v) is 9.22. The van der Waals surface area contributed by atoms with Gasteiger partial charge in [-0.1, -0.05) is 24.3 Å². The Bertz CT molecular complexity index is 705. The van der Waals surface area contributed by atoms with E-state index in [4.69, 9.17) is 10.5 Å². The van der Waals surface area contributed by atoms with E-state index in [0.29, 0.717) is 13.2 Å². The van der Waals surface area contributed by atoms with Crippen molar-refractivity contribution in [1.82, 2.24) is 9.80 Å². The fourth-order valence-corrected chi connectivity index (χ4v) is 3.19. The van der Waals surface area contributed by atoms with Crippen molar-refractivity contribution < 1.29 is 9.53 Å². The number of rotatable bonds is 6. The lowest BCUT2D eigenvalue weighted by atomic mass is 10.1. The lowest BCUT2D eigenvalue weighted by Gasteiger charge is -2.34. The third-order valence-electron chi connectivity index (χ3n) is 4.74. The molecule has 1 fully saturated rings. The van der Waals surface area contributed by atoms with Crippen molar-refractivity contribution in [3.05, 3.63) is 65.2 Å². The van der Waals surface area contributed by atoms with Crippen molar-refractivity contribution in [1.29, 1.82) is 0 Å². The Morgan fingerprint density at radius 1 is 0.962 bits per heavy atom. The number of hydrogen-bond donors (Lipinski definition) is 1. The van der Waals surface area contributed by atoms with Crippen LogP contribution in [0.5, 0.6) is 5.75 Å². The summed E-state index contributed by atoms with van der Waals surface area (Å²) in [6, 6.07) is 15.9. The maximum atomic E-state index is 12.6. The maximum absolute atomic E-state index is 12.6. The molecule has 0 spiro atoms. The number of ether oxygens (including phenoxy) is 1. The van der Waals surface area contributed by atoms with Gasteiger partial charge in [0, 0.05) is 44.8 Å². The topological polar surface area (TPSA) is 58.8 Å². The fourth-order valence-electron chi connectivity index (χ4n) is 3.19. The molecule has 138 valence electrons. The van der Waals surface area contributed by atoms with Crippen LogP contribution in [0.2, 0.25) is 0 Å². The predicted octanol–water partition coefficient (Wildman–Crippen LogP) is 2.50. The average molecular weight is 353 g/mol. The average Bonchev–Trinajstić information content (AvgIpc) is 2.70. The zero-order valence-electron chi connectivity index (χ0n) is 15.4. The molecule has 1 amide bonds. The smallest absolute Gasteiger partial charge is 0.253 e. The molecule has 3 rings (SSSR count). The minimum absolute atomic E-state index is 0.106. The molecule has 0 saturated carbocycles. The van der Waals surface area contributed by atoms with Crippen LogP contribution in [0, 0.1) is 0 Å². The van der Waals surface area contributed by atoms with Gasteiger partial charge in [0.1, 0.15) is 5.75 Å². The Hall–Kier alpha value is -2.37. The predicted molar refractivity (Wildman–Crippen MR) is 103 cm³/mol. The number of nitrogens with two attached hydrogens (primary N) is 1. The van der Waals surface area contributed by atoms with Crippen molar-refractivity contribution in [2.45, 2.75) is 20.0 Å². The molecule has 5 nitrogen and oxygen atoms in total. The number of benzene rings is 2. The van der Waals surface area contributed by atoms with Gasteiger partial charge in [0.15, 0.2) is 0 Å². The van der Waals surface area contributed by atoms with Crippen LogP contribution in [0.15, 0.2) is 48.5 Å². The van der Waals surface area contributed by atoms with Crippen molar-refractivity contribution in [3.8, 4) is 5.75 Å². The molecule has 5 heteroatoms. The summed E-state index contributed by atoms with van der Waals surface area (Å²) in [6.45, 7) is 7.37. The van der Waals surface area contributed by atoms with Crippen molar-refractivity contribution in [2.75, 3.05) is 32.8 Å². The lowest BCUT2D eigenvalue weighted by molar-refractivity contribution is 0.0628. The first-order valence-electron chi connectivity index (χ1n) is 9.22. The summed E-state index contributed by atoms with van der Waals surface area (Å²) in [6.07, 6.45) is 0. The molecule has 1 heterocycles. The lowest BCUT2D eigenvalue weighted by Crippen LogP contribution is -2.48. The molecule has 0 bridgehead atoms. The molecule has 2 N–H and O–H groups in total. The highest BCUT2D eigenvalue weighted by molar-refractivity contribution is 5.94. The van der Waals surface area contributed by atoms with Crippen LogP contribution < -0.4 is 10.5 Å². The summed E-state index contributed by atoms with van der Waals surface area (Å²) in [7, 11) is 0. The largest absolute Gasteiger partial charge is 0.494 e. The summed E-state index contributed by atoms with van der Waals surface area (Å²) in [4.78, 5) is 16.9. The Labute approximate surface area is 155 Å². The first-order chi connectivity index (χ1) is 12.7. The van der Waals surface area contributed by atoms with E-state index in [-0.39, 0.29) is 5.91 Å². The first kappa shape index (κ1) is 18.4. The number of hydrogen-bond acceptors (Lipinski definition) is 4. The van der Waals surface area contributed by atoms with Gasteiger partial charge in [-0.3, -0.25) is 9.69 Å². The summed E-state index contributed by atoms with van der Waals surface area (Å²) < 4.78 is 5.48. The van der Waals surface area contributed by atoms with Crippen molar-refractivity contribution in [3.63, 3.8) is 0 Å². The van der Waals surface area contributed by atoms with Crippen LogP contribution in [0.3, 0.4) is 0 Å². The molecule has 2 aromatic carbocycles. The zero-order valence-corrected chi connectivity index (χ0v) is 15.4. The minimum Gasteiger partial charge on any atom is -0.494 e. The number of nitrogens with zero attached hydrogens (tertiary/aromatic N) is 2. The number of amides is 1. The van der Waals surface area contributed by atoms with E-state index < -0.39 is 0 Å². The van der Waals surface area contributed by atoms with E-state index >= 15 is 0 Å². The number of carbonyl (C=O) groups excluding carboxylic acids is 1. The molecule has 0 aromatic heterocycles. The second-order valence-corrected chi connectivity index (χ2v) is 6.55. The third kappa shape index (κ3) is 4.62. The summed E-state index contributed by atoms with van der Waals surface area (Å²) >= 11 is 0. The highest BCUT2D eigenvalue weighted by atomic mass is 16.5. The Balaban J connectivity index is 1.50. The van der Waals surface area contributed by atoms with Gasteiger partial charge in [-0.05, 0) is 42.3 Å². The molecule has 26 heavy (non-hydrogen) atoms. The molecule has 0 unspecified atom stereocenters. The van der Waals surface area contributed by atoms with Crippen LogP contribution >= 0.6 is 0 Å². The van der Waals surface area contributed by atoms with E-state index in [1.165, 1.54) is 5.56 Å². The van der Waals surface area contributed by atoms with Gasteiger partial charge < -0.3 is 15.4 Å². The molecular weight excluding hydrogens is 326 g/mol. The van der Waals surface area contributed by atoms with Crippen LogP contribution in [-0.4, -0.2) is 48.5 Å². The van der Waals surface area contributed by atoms with Gasteiger partial charge in [-0.2, -0.15) is 0 Å². The van der Waals surface area contributed by atoms with E-state index in [0.717, 1.165) is 49.6 Å². The zero-order chi connectivity index (χ0) is 18.4. The standard InChI is InChI=1S/C21H27N3O2/c1-2-26-20-9-5-18(6-10-20)16-23-11-13-24(14-12-23)21(25)19-7-3-17(15-22)4-8-19/h3-10H,2,11-16,22H2,1H3. The monoisotopic (exact) mass is 353 g/mol. The van der Waals surface area contributed by atoms with E-state index in [1.54, 1.807) is 0 Å². The SMILES string of the molecule is CCOc1ccc(CN2CCN(C(=O)c3ccc(CN)cc3)CC2)cc1. The summed E-state index contributed by atoms with van der Waals surface area (Å²) in [5.41, 5.74) is 8.66. The van der Waals surface area contributed by atoms with Crippen LogP contribution in [0.1, 0.15) is 28.4 Å². The maximum Gasteiger partial charge on any atom is 0.253 e. The highest BCUT2D eigenvalue weighted by Crippen LogP contribution is 2.16. The van der Waals surface area contributed by atoms with Gasteiger partial charge in [0.2, 0.25) is 0 Å². The molecule has 1 aliphatic rings. The van der Waals surface area contributed by atoms with Gasteiger partial charge in [0.05, 0.1) is 6.61 Å². The highest BCUT2D eigenvalue weighted by Gasteiger charge is 2.22. The normalized spacial score (nSPS) is 15.1. The third-order valence-corrected chi connectivity index (χ3v) is 4.74. The van der Waals surface area contributed by atoms with Crippen molar-refractivity contribution in [2.24, 2.45) is 5.73 Å². The quantitative estimate of drug-likeness (QED) is 0.867. The van der Waals surface area contributed by atoms with E-state index in [1.807, 2.05) is 48.2 Å². The second kappa shape index (κ2) is 8.83. The summed E-state index contributed by atoms with van der Waals surface area (Å²) in [5, 5.41) is 0. The molecule has 2 aromatic rings. The van der Waals surface area contributed by atoms with Crippen LogP contribution in [0.25, 0.3) is 0 Å². The molecule has 1 saturated heterocycles. The molecule has 0 radical (unpaired) electrons. The van der Waals surface area contributed by atoms with Gasteiger partial charge in [-0.15, -0.1) is 0 Å². The Morgan fingerprint density at radius 3 is 2.15 bits per heavy atom. The molecule has 0 atom stereocenters. The Kier molecular flexibility index (Phi) is 6.26. The molecule has 1 aliphatic heterocycles. The number of carbonyl (C=O) groups is 1. The number of piperazine rings is 1. The molecule has 0 aliphatic carbocycles. The van der Waals surface area contributed by atoms with Gasteiger partial charge in [-0.25, -0.2) is 0 Å². The Morgan fingerprint density at radius 2 is 1.58 bits per heavy atom. The summed E-state index contributed by atoms with van der Waals surface area (Å²) in [5.74, 6) is 1.02. The van der Waals surface area contributed by atoms with Crippen LogP contribution in [-0.2, 0) is 13.1 Å².